The summed E-state index contributed by atoms with van der Waals surface area (Å²) in [5.74, 6) is 1.53. The van der Waals surface area contributed by atoms with Crippen LogP contribution in [0.2, 0.25) is 5.02 Å². The molecule has 1 aliphatic heterocycles. The average Bonchev–Trinajstić information content (AvgIpc) is 2.76. The van der Waals surface area contributed by atoms with Gasteiger partial charge in [0.05, 0.1) is 5.75 Å². The van der Waals surface area contributed by atoms with Crippen LogP contribution in [0.25, 0.3) is 0 Å². The predicted molar refractivity (Wildman–Crippen MR) is 125 cm³/mol. The van der Waals surface area contributed by atoms with E-state index >= 15 is 0 Å². The van der Waals surface area contributed by atoms with Gasteiger partial charge in [-0.2, -0.15) is 9.29 Å². The van der Waals surface area contributed by atoms with Crippen molar-refractivity contribution in [3.8, 4) is 0 Å². The van der Waals surface area contributed by atoms with Crippen LogP contribution in [0.3, 0.4) is 0 Å². The van der Waals surface area contributed by atoms with Crippen LogP contribution in [-0.4, -0.2) is 54.9 Å². The molecule has 31 heavy (non-hydrogen) atoms. The molecular formula is C22H30ClN5O2S. The molecule has 1 saturated heterocycles. The molecule has 4 rings (SSSR count). The number of nitrogens with zero attached hydrogens (tertiary/aromatic N) is 4. The molecule has 2 fully saturated rings. The summed E-state index contributed by atoms with van der Waals surface area (Å²) in [6.45, 7) is 4.09. The third kappa shape index (κ3) is 5.87. The Morgan fingerprint density at radius 1 is 1.03 bits per heavy atom. The number of anilines is 2. The minimum atomic E-state index is -3.37. The molecular weight excluding hydrogens is 434 g/mol. The maximum Gasteiger partial charge on any atom is 0.225 e. The Balaban J connectivity index is 1.38. The summed E-state index contributed by atoms with van der Waals surface area (Å²) < 4.78 is 27.3. The Kier molecular flexibility index (Phi) is 6.99. The molecule has 0 amide bonds. The number of piperazine rings is 1. The molecule has 0 spiro atoms. The zero-order chi connectivity index (χ0) is 21.8. The van der Waals surface area contributed by atoms with Gasteiger partial charge in [0.2, 0.25) is 16.0 Å². The first-order chi connectivity index (χ1) is 14.9. The van der Waals surface area contributed by atoms with Crippen molar-refractivity contribution in [3.05, 3.63) is 46.6 Å². The first-order valence-corrected chi connectivity index (χ1v) is 13.0. The fourth-order valence-electron chi connectivity index (χ4n) is 4.29. The molecule has 1 aliphatic carbocycles. The smallest absolute Gasteiger partial charge is 0.225 e. The lowest BCUT2D eigenvalue weighted by Gasteiger charge is -2.35. The number of halogens is 1. The highest BCUT2D eigenvalue weighted by molar-refractivity contribution is 7.88. The van der Waals surface area contributed by atoms with Gasteiger partial charge in [-0.25, -0.2) is 13.4 Å². The molecule has 2 heterocycles. The van der Waals surface area contributed by atoms with Crippen molar-refractivity contribution in [1.29, 1.82) is 0 Å². The second-order valence-corrected chi connectivity index (χ2v) is 10.8. The van der Waals surface area contributed by atoms with Gasteiger partial charge in [-0.15, -0.1) is 0 Å². The van der Waals surface area contributed by atoms with Gasteiger partial charge in [0.15, 0.2) is 0 Å². The number of aryl methyl sites for hydroxylation is 1. The Morgan fingerprint density at radius 3 is 2.39 bits per heavy atom. The van der Waals surface area contributed by atoms with Gasteiger partial charge in [-0.1, -0.05) is 43.0 Å². The fourth-order valence-corrected chi connectivity index (χ4v) is 5.93. The molecule has 1 aromatic heterocycles. The number of nitrogens with one attached hydrogen (secondary N) is 1. The summed E-state index contributed by atoms with van der Waals surface area (Å²) in [6, 6.07) is 9.39. The Hall–Kier alpha value is -1.90. The summed E-state index contributed by atoms with van der Waals surface area (Å²) in [5.41, 5.74) is 1.66. The van der Waals surface area contributed by atoms with E-state index in [4.69, 9.17) is 16.6 Å². The lowest BCUT2D eigenvalue weighted by Crippen LogP contribution is -2.49. The maximum atomic E-state index is 12.9. The van der Waals surface area contributed by atoms with Crippen molar-refractivity contribution in [2.45, 2.75) is 50.8 Å². The number of hydrogen-bond acceptors (Lipinski definition) is 6. The second-order valence-electron chi connectivity index (χ2n) is 8.44. The summed E-state index contributed by atoms with van der Waals surface area (Å²) in [4.78, 5) is 11.5. The normalized spacial score (nSPS) is 18.8. The predicted octanol–water partition coefficient (Wildman–Crippen LogP) is 3.84. The zero-order valence-corrected chi connectivity index (χ0v) is 19.5. The van der Waals surface area contributed by atoms with Gasteiger partial charge in [0.25, 0.3) is 0 Å². The van der Waals surface area contributed by atoms with Gasteiger partial charge in [-0.05, 0) is 37.5 Å². The van der Waals surface area contributed by atoms with E-state index in [1.165, 1.54) is 19.3 Å². The van der Waals surface area contributed by atoms with Gasteiger partial charge in [0, 0.05) is 49.0 Å². The van der Waals surface area contributed by atoms with Crippen molar-refractivity contribution in [2.24, 2.45) is 0 Å². The van der Waals surface area contributed by atoms with Crippen molar-refractivity contribution >= 4 is 33.4 Å². The molecule has 1 saturated carbocycles. The minimum absolute atomic E-state index is 0.00770. The Labute approximate surface area is 189 Å². The lowest BCUT2D eigenvalue weighted by molar-refractivity contribution is 0.383. The lowest BCUT2D eigenvalue weighted by atomic mass is 9.96. The summed E-state index contributed by atoms with van der Waals surface area (Å²) in [6.07, 6.45) is 6.14. The molecule has 9 heteroatoms. The third-order valence-corrected chi connectivity index (χ3v) is 8.10. The van der Waals surface area contributed by atoms with E-state index in [0.717, 1.165) is 29.9 Å². The number of aromatic nitrogens is 2. The molecule has 2 aromatic rings. The number of sulfonamides is 1. The van der Waals surface area contributed by atoms with E-state index < -0.39 is 10.0 Å². The largest absolute Gasteiger partial charge is 0.354 e. The monoisotopic (exact) mass is 463 g/mol. The highest BCUT2D eigenvalue weighted by Crippen LogP contribution is 2.23. The van der Waals surface area contributed by atoms with E-state index in [1.54, 1.807) is 28.6 Å². The molecule has 0 bridgehead atoms. The van der Waals surface area contributed by atoms with Crippen LogP contribution in [0, 0.1) is 6.92 Å². The standard InChI is InChI=1S/C22H30ClN5O2S/c1-17-15-21(26-22(24-17)25-20-5-3-2-4-6-20)27-11-13-28(14-12-27)31(29,30)16-18-7-9-19(23)10-8-18/h7-10,15,20H,2-6,11-14,16H2,1H3,(H,24,25,26). The van der Waals surface area contributed by atoms with Gasteiger partial charge >= 0.3 is 0 Å². The molecule has 0 unspecified atom stereocenters. The number of rotatable bonds is 6. The van der Waals surface area contributed by atoms with Crippen LogP contribution in [-0.2, 0) is 15.8 Å². The van der Waals surface area contributed by atoms with Crippen molar-refractivity contribution in [2.75, 3.05) is 36.4 Å². The number of benzene rings is 1. The van der Waals surface area contributed by atoms with Crippen LogP contribution in [0.5, 0.6) is 0 Å². The Bertz CT molecular complexity index is 985. The average molecular weight is 464 g/mol. The van der Waals surface area contributed by atoms with Crippen molar-refractivity contribution < 1.29 is 8.42 Å². The maximum absolute atomic E-state index is 12.9. The Morgan fingerprint density at radius 2 is 1.71 bits per heavy atom. The molecule has 1 aromatic carbocycles. The molecule has 2 aliphatic rings. The van der Waals surface area contributed by atoms with E-state index in [2.05, 4.69) is 15.2 Å². The third-order valence-electron chi connectivity index (χ3n) is 6.00. The van der Waals surface area contributed by atoms with Crippen LogP contribution in [0.15, 0.2) is 30.3 Å². The molecule has 0 atom stereocenters. The van der Waals surface area contributed by atoms with E-state index in [-0.39, 0.29) is 5.75 Å². The quantitative estimate of drug-likeness (QED) is 0.701. The van der Waals surface area contributed by atoms with Gasteiger partial charge < -0.3 is 10.2 Å². The summed E-state index contributed by atoms with van der Waals surface area (Å²) in [5, 5.41) is 4.10. The highest BCUT2D eigenvalue weighted by atomic mass is 35.5. The second kappa shape index (κ2) is 9.71. The molecule has 1 N–H and O–H groups in total. The van der Waals surface area contributed by atoms with Crippen LogP contribution in [0.4, 0.5) is 11.8 Å². The highest BCUT2D eigenvalue weighted by Gasteiger charge is 2.28. The van der Waals surface area contributed by atoms with E-state index in [9.17, 15) is 8.42 Å². The SMILES string of the molecule is Cc1cc(N2CCN(S(=O)(=O)Cc3ccc(Cl)cc3)CC2)nc(NC2CCCCC2)n1. The van der Waals surface area contributed by atoms with Crippen LogP contribution >= 0.6 is 11.6 Å². The molecule has 168 valence electrons. The van der Waals surface area contributed by atoms with Crippen LogP contribution in [0.1, 0.15) is 43.4 Å². The van der Waals surface area contributed by atoms with Crippen LogP contribution < -0.4 is 10.2 Å². The number of hydrogen-bond donors (Lipinski definition) is 1. The van der Waals surface area contributed by atoms with Crippen molar-refractivity contribution in [3.63, 3.8) is 0 Å². The molecule has 0 radical (unpaired) electrons. The van der Waals surface area contributed by atoms with E-state index in [0.29, 0.717) is 43.2 Å². The summed E-state index contributed by atoms with van der Waals surface area (Å²) >= 11 is 5.90. The first-order valence-electron chi connectivity index (χ1n) is 11.0. The van der Waals surface area contributed by atoms with Gasteiger partial charge in [0.1, 0.15) is 5.82 Å². The fraction of sp³-hybridized carbons (Fsp3) is 0.545. The first kappa shape index (κ1) is 22.3. The van der Waals surface area contributed by atoms with E-state index in [1.807, 2.05) is 13.0 Å². The van der Waals surface area contributed by atoms with Gasteiger partial charge in [-0.3, -0.25) is 0 Å². The zero-order valence-electron chi connectivity index (χ0n) is 17.9. The van der Waals surface area contributed by atoms with Crippen molar-refractivity contribution in [1.82, 2.24) is 14.3 Å². The summed E-state index contributed by atoms with van der Waals surface area (Å²) in [7, 11) is -3.37. The topological polar surface area (TPSA) is 78.4 Å². The minimum Gasteiger partial charge on any atom is -0.354 e. The molecule has 7 nitrogen and oxygen atoms in total.